The van der Waals surface area contributed by atoms with Crippen LogP contribution in [0.1, 0.15) is 5.56 Å². The molecule has 0 N–H and O–H groups in total. The average molecular weight is 703 g/mol. The third-order valence-electron chi connectivity index (χ3n) is 12.4. The van der Waals surface area contributed by atoms with Crippen LogP contribution in [-0.4, -0.2) is 31.1 Å². The van der Waals surface area contributed by atoms with Crippen molar-refractivity contribution >= 4 is 103 Å². The van der Waals surface area contributed by atoms with Crippen LogP contribution in [0.25, 0.3) is 97.0 Å². The van der Waals surface area contributed by atoms with E-state index in [9.17, 15) is 0 Å². The molecule has 0 aromatic heterocycles. The van der Waals surface area contributed by atoms with Gasteiger partial charge in [-0.1, -0.05) is 78.9 Å². The van der Waals surface area contributed by atoms with Crippen LogP contribution in [0.15, 0.2) is 170 Å². The maximum absolute atomic E-state index is 2.59. The summed E-state index contributed by atoms with van der Waals surface area (Å²) in [5.74, 6) is 0. The number of nitrogens with zero attached hydrogens (tertiary/aromatic N) is 2. The molecule has 0 atom stereocenters. The maximum atomic E-state index is 2.59. The van der Waals surface area contributed by atoms with Crippen molar-refractivity contribution in [1.82, 2.24) is 4.90 Å². The van der Waals surface area contributed by atoms with Gasteiger partial charge in [0.1, 0.15) is 0 Å². The van der Waals surface area contributed by atoms with Crippen LogP contribution in [0, 0.1) is 0 Å². The molecule has 2 nitrogen and oxygen atoms in total. The minimum absolute atomic E-state index is 1.02. The van der Waals surface area contributed by atoms with E-state index < -0.39 is 0 Å². The summed E-state index contributed by atoms with van der Waals surface area (Å²) in [6.07, 6.45) is 0. The third kappa shape index (κ3) is 5.21. The Morgan fingerprint density at radius 1 is 0.291 bits per heavy atom. The van der Waals surface area contributed by atoms with Gasteiger partial charge in [0, 0.05) is 43.8 Å². The SMILES string of the molecule is c1ccc(CN2CCN(c3cccc4cc5cc6cc7ccc8cc9cc%10cc%11cc%12ccccc%12cc%11cc%10cc9cc8c7cc6cc5cc34)CC2)cc1. The van der Waals surface area contributed by atoms with Crippen molar-refractivity contribution in [3.8, 4) is 0 Å². The number of fused-ring (bicyclic) bond motifs is 10. The summed E-state index contributed by atoms with van der Waals surface area (Å²) >= 11 is 0. The highest BCUT2D eigenvalue weighted by atomic mass is 15.3. The Morgan fingerprint density at radius 3 is 1.18 bits per heavy atom. The van der Waals surface area contributed by atoms with Gasteiger partial charge in [-0.05, 0) is 188 Å². The van der Waals surface area contributed by atoms with Gasteiger partial charge in [0.25, 0.3) is 0 Å². The molecule has 1 aliphatic rings. The average Bonchev–Trinajstić information content (AvgIpc) is 3.22. The Morgan fingerprint density at radius 2 is 0.673 bits per heavy atom. The lowest BCUT2D eigenvalue weighted by Gasteiger charge is -2.36. The highest BCUT2D eigenvalue weighted by Gasteiger charge is 2.19. The highest BCUT2D eigenvalue weighted by Crippen LogP contribution is 2.38. The summed E-state index contributed by atoms with van der Waals surface area (Å²) in [5.41, 5.74) is 2.74. The Labute approximate surface area is 319 Å². The van der Waals surface area contributed by atoms with Crippen LogP contribution in [0.2, 0.25) is 0 Å². The Bertz CT molecular complexity index is 3360. The van der Waals surface area contributed by atoms with E-state index in [0.29, 0.717) is 0 Å². The molecule has 1 aliphatic heterocycles. The normalized spacial score (nSPS) is 14.2. The van der Waals surface area contributed by atoms with Crippen LogP contribution in [0.3, 0.4) is 0 Å². The standard InChI is InChI=1S/C53H38N2/c1-2-7-34(8-3-1)33-54-15-17-55(18-16-54)53-12-6-11-37-21-42-26-43-22-38-13-14-39-23-44-27-45-24-40-19-35-9-4-5-10-36(35)20-41(40)25-46(45)28-47(44)30-50(39)51(38)31-48(43)29-49(42)32-52(37)53/h1-14,19-32H,15-18,33H2. The molecule has 0 unspecified atom stereocenters. The van der Waals surface area contributed by atoms with Crippen LogP contribution >= 0.6 is 0 Å². The largest absolute Gasteiger partial charge is 0.368 e. The first-order valence-electron chi connectivity index (χ1n) is 19.6. The number of rotatable bonds is 3. The summed E-state index contributed by atoms with van der Waals surface area (Å²) < 4.78 is 0. The van der Waals surface area contributed by atoms with E-state index in [0.717, 1.165) is 32.7 Å². The van der Waals surface area contributed by atoms with Crippen LogP contribution in [-0.2, 0) is 6.54 Å². The molecule has 0 bridgehead atoms. The Kier molecular flexibility index (Phi) is 6.76. The van der Waals surface area contributed by atoms with E-state index >= 15 is 0 Å². The van der Waals surface area contributed by atoms with Gasteiger partial charge in [0.2, 0.25) is 0 Å². The Hall–Kier alpha value is -6.48. The van der Waals surface area contributed by atoms with Crippen molar-refractivity contribution in [2.75, 3.05) is 31.1 Å². The first-order valence-corrected chi connectivity index (χ1v) is 19.6. The zero-order valence-corrected chi connectivity index (χ0v) is 30.6. The summed E-state index contributed by atoms with van der Waals surface area (Å²) in [6.45, 7) is 5.25. The van der Waals surface area contributed by atoms with Gasteiger partial charge in [-0.15, -0.1) is 0 Å². The van der Waals surface area contributed by atoms with Crippen molar-refractivity contribution in [1.29, 1.82) is 0 Å². The summed E-state index contributed by atoms with van der Waals surface area (Å²) in [4.78, 5) is 5.18. The van der Waals surface area contributed by atoms with Crippen molar-refractivity contribution in [2.45, 2.75) is 6.54 Å². The second-order valence-corrected chi connectivity index (χ2v) is 15.8. The zero-order chi connectivity index (χ0) is 36.0. The summed E-state index contributed by atoms with van der Waals surface area (Å²) in [6, 6.07) is 64.4. The van der Waals surface area contributed by atoms with Crippen molar-refractivity contribution in [2.24, 2.45) is 0 Å². The molecule has 55 heavy (non-hydrogen) atoms. The first kappa shape index (κ1) is 30.9. The summed E-state index contributed by atoms with van der Waals surface area (Å²) in [7, 11) is 0. The van der Waals surface area contributed by atoms with Crippen LogP contribution in [0.5, 0.6) is 0 Å². The minimum Gasteiger partial charge on any atom is -0.368 e. The smallest absolute Gasteiger partial charge is 0.0447 e. The molecular formula is C53H38N2. The fourth-order valence-corrected chi connectivity index (χ4v) is 9.53. The van der Waals surface area contributed by atoms with E-state index in [1.54, 1.807) is 0 Å². The number of anilines is 1. The molecule has 0 amide bonds. The lowest BCUT2D eigenvalue weighted by atomic mass is 9.93. The van der Waals surface area contributed by atoms with Crippen LogP contribution < -0.4 is 4.90 Å². The molecule has 12 rings (SSSR count). The maximum Gasteiger partial charge on any atom is 0.0447 e. The molecular weight excluding hydrogens is 665 g/mol. The highest BCUT2D eigenvalue weighted by molar-refractivity contribution is 6.18. The number of benzene rings is 11. The molecule has 11 aromatic carbocycles. The molecule has 0 radical (unpaired) electrons. The number of hydrogen-bond donors (Lipinski definition) is 0. The van der Waals surface area contributed by atoms with E-state index in [-0.39, 0.29) is 0 Å². The zero-order valence-electron chi connectivity index (χ0n) is 30.6. The predicted molar refractivity (Wildman–Crippen MR) is 238 cm³/mol. The molecule has 0 spiro atoms. The van der Waals surface area contributed by atoms with Crippen LogP contribution in [0.4, 0.5) is 5.69 Å². The van der Waals surface area contributed by atoms with E-state index in [2.05, 4.69) is 180 Å². The van der Waals surface area contributed by atoms with Gasteiger partial charge in [-0.2, -0.15) is 0 Å². The third-order valence-corrected chi connectivity index (χ3v) is 12.4. The van der Waals surface area contributed by atoms with Gasteiger partial charge in [0.15, 0.2) is 0 Å². The van der Waals surface area contributed by atoms with Gasteiger partial charge < -0.3 is 4.90 Å². The fraction of sp³-hybridized carbons (Fsp3) is 0.0943. The van der Waals surface area contributed by atoms with E-state index in [4.69, 9.17) is 0 Å². The van der Waals surface area contributed by atoms with Gasteiger partial charge >= 0.3 is 0 Å². The topological polar surface area (TPSA) is 6.48 Å². The Balaban J connectivity index is 0.941. The molecule has 2 heteroatoms. The number of hydrogen-bond acceptors (Lipinski definition) is 2. The second kappa shape index (κ2) is 12.0. The van der Waals surface area contributed by atoms with E-state index in [1.807, 2.05) is 0 Å². The molecule has 1 fully saturated rings. The second-order valence-electron chi connectivity index (χ2n) is 15.8. The predicted octanol–water partition coefficient (Wildman–Crippen LogP) is 13.4. The molecule has 1 heterocycles. The van der Waals surface area contributed by atoms with E-state index in [1.165, 1.54) is 108 Å². The van der Waals surface area contributed by atoms with Gasteiger partial charge in [-0.25, -0.2) is 0 Å². The molecule has 260 valence electrons. The number of piperazine rings is 1. The van der Waals surface area contributed by atoms with Gasteiger partial charge in [0.05, 0.1) is 0 Å². The molecule has 11 aromatic rings. The minimum atomic E-state index is 1.02. The summed E-state index contributed by atoms with van der Waals surface area (Å²) in [5, 5.41) is 23.3. The lowest BCUT2D eigenvalue weighted by Crippen LogP contribution is -2.46. The first-order chi connectivity index (χ1) is 27.1. The van der Waals surface area contributed by atoms with Crippen molar-refractivity contribution in [3.63, 3.8) is 0 Å². The molecule has 0 aliphatic carbocycles. The van der Waals surface area contributed by atoms with Gasteiger partial charge in [-0.3, -0.25) is 4.90 Å². The van der Waals surface area contributed by atoms with Crippen molar-refractivity contribution in [3.05, 3.63) is 175 Å². The quantitative estimate of drug-likeness (QED) is 0.134. The monoisotopic (exact) mass is 702 g/mol. The lowest BCUT2D eigenvalue weighted by molar-refractivity contribution is 0.250. The molecule has 1 saturated heterocycles. The molecule has 0 saturated carbocycles. The fourth-order valence-electron chi connectivity index (χ4n) is 9.53. The van der Waals surface area contributed by atoms with Crippen molar-refractivity contribution < 1.29 is 0 Å².